The normalized spacial score (nSPS) is 14.7. The number of aliphatic hydroxyl groups is 1. The van der Waals surface area contributed by atoms with Gasteiger partial charge in [0.25, 0.3) is 0 Å². The van der Waals surface area contributed by atoms with E-state index >= 15 is 0 Å². The van der Waals surface area contributed by atoms with Crippen LogP contribution in [0.15, 0.2) is 109 Å². The summed E-state index contributed by atoms with van der Waals surface area (Å²) in [6.07, 6.45) is -0.434. The highest BCUT2D eigenvalue weighted by atomic mass is 16.4. The van der Waals surface area contributed by atoms with Gasteiger partial charge in [-0.25, -0.2) is 0 Å². The highest BCUT2D eigenvalue weighted by molar-refractivity contribution is 5.98. The number of carboxylic acids is 1. The first-order valence-electron chi connectivity index (χ1n) is 21.5. The summed E-state index contributed by atoms with van der Waals surface area (Å²) >= 11 is 0. The van der Waals surface area contributed by atoms with Gasteiger partial charge in [-0.15, -0.1) is 0 Å². The van der Waals surface area contributed by atoms with Crippen LogP contribution in [0.1, 0.15) is 43.0 Å². The van der Waals surface area contributed by atoms with Gasteiger partial charge in [-0.1, -0.05) is 72.8 Å². The number of aromatic nitrogens is 1. The summed E-state index contributed by atoms with van der Waals surface area (Å²) in [5, 5.41) is 56.4. The van der Waals surface area contributed by atoms with Crippen LogP contribution in [-0.2, 0) is 59.2 Å². The topological polar surface area (TPSA) is 314 Å². The van der Waals surface area contributed by atoms with E-state index in [-0.39, 0.29) is 37.2 Å². The summed E-state index contributed by atoms with van der Waals surface area (Å²) in [5.41, 5.74) is 8.76. The largest absolute Gasteiger partial charge is 0.508 e. The molecule has 354 valence electrons. The third-order valence-corrected chi connectivity index (χ3v) is 10.9. The van der Waals surface area contributed by atoms with Crippen LogP contribution in [0.4, 0.5) is 0 Å². The van der Waals surface area contributed by atoms with Crippen molar-refractivity contribution in [1.29, 1.82) is 0 Å². The van der Waals surface area contributed by atoms with Crippen LogP contribution >= 0.6 is 0 Å². The molecule has 0 saturated heterocycles. The number of phenolic OH excluding ortho intramolecular Hbond substituents is 2. The molecule has 13 N–H and O–H groups in total. The Hall–Kier alpha value is -7.77. The number of hydrogen-bond acceptors (Lipinski definition) is 11. The Balaban J connectivity index is 1.44. The van der Waals surface area contributed by atoms with Crippen LogP contribution in [-0.4, -0.2) is 115 Å². The molecule has 4 aromatic carbocycles. The lowest BCUT2D eigenvalue weighted by molar-refractivity contribution is -0.141. The van der Waals surface area contributed by atoms with E-state index < -0.39 is 89.8 Å². The molecule has 8 atom stereocenters. The first-order chi connectivity index (χ1) is 31.9. The number of nitrogens with two attached hydrogens (primary N) is 1. The number of benzene rings is 4. The Morgan fingerprint density at radius 2 is 0.940 bits per heavy atom. The molecule has 19 nitrogen and oxygen atoms in total. The molecular weight excluding hydrogens is 865 g/mol. The Bertz CT molecular complexity index is 2510. The molecule has 0 bridgehead atoms. The van der Waals surface area contributed by atoms with E-state index in [1.807, 2.05) is 0 Å². The lowest BCUT2D eigenvalue weighted by Gasteiger charge is -2.28. The van der Waals surface area contributed by atoms with E-state index in [9.17, 15) is 54.0 Å². The van der Waals surface area contributed by atoms with E-state index in [4.69, 9.17) is 5.73 Å². The monoisotopic (exact) mass is 920 g/mol. The maximum absolute atomic E-state index is 14.4. The zero-order valence-electron chi connectivity index (χ0n) is 37.1. The maximum Gasteiger partial charge on any atom is 0.325 e. The number of phenols is 2. The molecule has 0 fully saturated rings. The van der Waals surface area contributed by atoms with Crippen LogP contribution in [0.5, 0.6) is 11.5 Å². The Morgan fingerprint density at radius 3 is 1.43 bits per heavy atom. The lowest BCUT2D eigenvalue weighted by Crippen LogP contribution is -2.62. The van der Waals surface area contributed by atoms with Crippen LogP contribution in [0.2, 0.25) is 0 Å². The number of fused-ring (bicyclic) bond motifs is 1. The SMILES string of the molecule is C[C@H](N)C(=O)N[C@@H](Cc1ccccc1)C(=O)N[C@@H](Cc1ccc(O)cc1)C(=O)N[C@H](C(=O)N[C@@H](Cc1c[nH]c2ccccc12)C(=O)N[C@@H](Cc1ccc(O)cc1)C(=O)N[C@@H](C)C(=O)O)[C@@H](C)O. The molecule has 19 heteroatoms. The Kier molecular flexibility index (Phi) is 17.6. The highest BCUT2D eigenvalue weighted by Crippen LogP contribution is 2.20. The van der Waals surface area contributed by atoms with Gasteiger partial charge >= 0.3 is 5.97 Å². The number of amides is 6. The summed E-state index contributed by atoms with van der Waals surface area (Å²) < 4.78 is 0. The number of hydrogen-bond donors (Lipinski definition) is 12. The first-order valence-corrected chi connectivity index (χ1v) is 21.5. The third-order valence-electron chi connectivity index (χ3n) is 10.9. The van der Waals surface area contributed by atoms with Gasteiger partial charge < -0.3 is 63.0 Å². The number of nitrogens with one attached hydrogen (secondary N) is 7. The summed E-state index contributed by atoms with van der Waals surface area (Å²) in [7, 11) is 0. The number of carbonyl (C=O) groups is 7. The second kappa shape index (κ2) is 23.4. The predicted molar refractivity (Wildman–Crippen MR) is 246 cm³/mol. The summed E-state index contributed by atoms with van der Waals surface area (Å²) in [6.45, 7) is 3.92. The second-order valence-electron chi connectivity index (χ2n) is 16.3. The average Bonchev–Trinajstić information content (AvgIpc) is 3.70. The van der Waals surface area contributed by atoms with Gasteiger partial charge in [-0.3, -0.25) is 33.6 Å². The number of para-hydroxylation sites is 1. The molecular formula is C48H56N8O11. The summed E-state index contributed by atoms with van der Waals surface area (Å²) in [6, 6.07) is 18.0. The fourth-order valence-corrected chi connectivity index (χ4v) is 7.09. The van der Waals surface area contributed by atoms with Crippen molar-refractivity contribution in [1.82, 2.24) is 36.9 Å². The van der Waals surface area contributed by atoms with E-state index in [2.05, 4.69) is 36.9 Å². The predicted octanol–water partition coefficient (Wildman–Crippen LogP) is 0.591. The molecule has 0 aliphatic rings. The van der Waals surface area contributed by atoms with Crippen LogP contribution < -0.4 is 37.6 Å². The number of aliphatic hydroxyl groups excluding tert-OH is 1. The van der Waals surface area contributed by atoms with Crippen LogP contribution in [0, 0.1) is 0 Å². The Labute approximate surface area is 385 Å². The van der Waals surface area contributed by atoms with E-state index in [1.165, 1.54) is 69.3 Å². The molecule has 67 heavy (non-hydrogen) atoms. The maximum atomic E-state index is 14.4. The van der Waals surface area contributed by atoms with Gasteiger partial charge in [0.05, 0.1) is 12.1 Å². The molecule has 0 unspecified atom stereocenters. The quantitative estimate of drug-likeness (QED) is 0.0454. The number of aromatic hydroxyl groups is 2. The molecule has 6 amide bonds. The van der Waals surface area contributed by atoms with Gasteiger partial charge in [-0.2, -0.15) is 0 Å². The molecule has 1 heterocycles. The third kappa shape index (κ3) is 14.6. The fourth-order valence-electron chi connectivity index (χ4n) is 7.09. The molecule has 0 aliphatic heterocycles. The number of aromatic amines is 1. The van der Waals surface area contributed by atoms with Crippen molar-refractivity contribution >= 4 is 52.3 Å². The smallest absolute Gasteiger partial charge is 0.325 e. The number of aliphatic carboxylic acids is 1. The van der Waals surface area contributed by atoms with E-state index in [0.717, 1.165) is 0 Å². The standard InChI is InChI=1S/C48H56N8O11/c1-26(49)42(60)52-38(21-29-9-5-4-6-10-29)44(62)54-39(23-31-15-19-34(59)20-16-31)46(64)56-41(28(3)57)47(65)55-40(24-32-25-50-36-12-8-7-11-35(32)36)45(63)53-37(43(61)51-27(2)48(66)67)22-30-13-17-33(58)18-14-30/h4-20,25-28,37-41,50,57-59H,21-24,49H2,1-3H3,(H,51,61)(H,52,60)(H,53,63)(H,54,62)(H,55,65)(H,56,64)(H,66,67)/t26-,27-,28+,37-,38-,39-,40-,41-/m0/s1. The van der Waals surface area contributed by atoms with Gasteiger partial charge in [0.15, 0.2) is 0 Å². The molecule has 0 aliphatic carbocycles. The highest BCUT2D eigenvalue weighted by Gasteiger charge is 2.35. The minimum atomic E-state index is -1.74. The van der Waals surface area contributed by atoms with Gasteiger partial charge in [0.1, 0.15) is 47.8 Å². The number of H-pyrrole nitrogens is 1. The van der Waals surface area contributed by atoms with Gasteiger partial charge in [-0.05, 0) is 73.4 Å². The molecule has 0 spiro atoms. The summed E-state index contributed by atoms with van der Waals surface area (Å²) in [5.74, 6) is -6.54. The molecule has 5 aromatic rings. The van der Waals surface area contributed by atoms with E-state index in [0.29, 0.717) is 33.2 Å². The van der Waals surface area contributed by atoms with Gasteiger partial charge in [0, 0.05) is 42.8 Å². The molecule has 1 aromatic heterocycles. The number of carboxylic acid groups (broad SMARTS) is 1. The molecule has 5 rings (SSSR count). The van der Waals surface area contributed by atoms with E-state index in [1.54, 1.807) is 60.8 Å². The number of carbonyl (C=O) groups excluding carboxylic acids is 6. The van der Waals surface area contributed by atoms with Crippen molar-refractivity contribution in [3.05, 3.63) is 132 Å². The lowest BCUT2D eigenvalue weighted by atomic mass is 10.0. The zero-order valence-corrected chi connectivity index (χ0v) is 37.1. The van der Waals surface area contributed by atoms with Crippen LogP contribution in [0.25, 0.3) is 10.9 Å². The zero-order chi connectivity index (χ0) is 48.8. The van der Waals surface area contributed by atoms with Crippen molar-refractivity contribution in [2.75, 3.05) is 0 Å². The molecule has 0 radical (unpaired) electrons. The minimum Gasteiger partial charge on any atom is -0.508 e. The number of rotatable bonds is 22. The van der Waals surface area contributed by atoms with Gasteiger partial charge in [0.2, 0.25) is 35.4 Å². The van der Waals surface area contributed by atoms with Crippen molar-refractivity contribution in [3.63, 3.8) is 0 Å². The molecule has 0 saturated carbocycles. The van der Waals surface area contributed by atoms with Crippen molar-refractivity contribution < 1.29 is 54.0 Å². The van der Waals surface area contributed by atoms with Crippen molar-refractivity contribution in [2.45, 2.75) is 94.9 Å². The van der Waals surface area contributed by atoms with Crippen molar-refractivity contribution in [3.8, 4) is 11.5 Å². The fraction of sp³-hybridized carbons (Fsp3) is 0.312. The Morgan fingerprint density at radius 1 is 0.522 bits per heavy atom. The summed E-state index contributed by atoms with van der Waals surface area (Å²) in [4.78, 5) is 98.1. The first kappa shape index (κ1) is 50.2. The average molecular weight is 921 g/mol. The van der Waals surface area contributed by atoms with Crippen molar-refractivity contribution in [2.24, 2.45) is 5.73 Å². The second-order valence-corrected chi connectivity index (χ2v) is 16.3. The van der Waals surface area contributed by atoms with Crippen LogP contribution in [0.3, 0.4) is 0 Å². The minimum absolute atomic E-state index is 0.0211.